The molecule has 1 aromatic heterocycles. The van der Waals surface area contributed by atoms with Crippen molar-refractivity contribution in [2.75, 3.05) is 33.2 Å². The van der Waals surface area contributed by atoms with Crippen LogP contribution in [0.25, 0.3) is 11.3 Å². The summed E-state index contributed by atoms with van der Waals surface area (Å²) < 4.78 is 0. The van der Waals surface area contributed by atoms with Gasteiger partial charge in [-0.15, -0.1) is 0 Å². The molecule has 1 amide bonds. The van der Waals surface area contributed by atoms with Gasteiger partial charge in [-0.3, -0.25) is 9.89 Å². The maximum Gasteiger partial charge on any atom is 0.271 e. The van der Waals surface area contributed by atoms with Crippen LogP contribution in [0.15, 0.2) is 30.3 Å². The first-order valence-electron chi connectivity index (χ1n) is 7.24. The highest BCUT2D eigenvalue weighted by Crippen LogP contribution is 2.19. The number of nitrogens with zero attached hydrogens (tertiary/aromatic N) is 3. The predicted octanol–water partition coefficient (Wildman–Crippen LogP) is 1.77. The van der Waals surface area contributed by atoms with Crippen LogP contribution in [0.2, 0.25) is 0 Å². The number of aryl methyl sites for hydroxylation is 1. The number of nitrogens with one attached hydrogen (secondary N) is 1. The molecule has 1 N–H and O–H groups in total. The number of amides is 1. The lowest BCUT2D eigenvalue weighted by atomic mass is 10.1. The van der Waals surface area contributed by atoms with E-state index in [0.717, 1.165) is 37.4 Å². The summed E-state index contributed by atoms with van der Waals surface area (Å²) in [6.45, 7) is 5.44. The Hall–Kier alpha value is -2.14. The van der Waals surface area contributed by atoms with E-state index in [1.165, 1.54) is 5.56 Å². The summed E-state index contributed by atoms with van der Waals surface area (Å²) in [7, 11) is 2.08. The molecule has 0 bridgehead atoms. The lowest BCUT2D eigenvalue weighted by Crippen LogP contribution is -2.47. The zero-order chi connectivity index (χ0) is 14.8. The molecular formula is C16H20N4O. The number of likely N-dealkylation sites (N-methyl/N-ethyl adjacent to an activating group) is 1. The number of aromatic amines is 1. The molecule has 5 heteroatoms. The van der Waals surface area contributed by atoms with Gasteiger partial charge in [0.15, 0.2) is 0 Å². The molecule has 2 heterocycles. The van der Waals surface area contributed by atoms with Crippen LogP contribution < -0.4 is 0 Å². The maximum atomic E-state index is 12.4. The first-order valence-corrected chi connectivity index (χ1v) is 7.24. The lowest BCUT2D eigenvalue weighted by molar-refractivity contribution is 0.0658. The van der Waals surface area contributed by atoms with Crippen molar-refractivity contribution in [2.24, 2.45) is 0 Å². The second kappa shape index (κ2) is 5.69. The van der Waals surface area contributed by atoms with E-state index in [2.05, 4.69) is 29.1 Å². The van der Waals surface area contributed by atoms with Gasteiger partial charge >= 0.3 is 0 Å². The van der Waals surface area contributed by atoms with Crippen LogP contribution in [-0.4, -0.2) is 59.1 Å². The van der Waals surface area contributed by atoms with Crippen molar-refractivity contribution in [3.8, 4) is 11.3 Å². The first-order chi connectivity index (χ1) is 10.1. The Morgan fingerprint density at radius 1 is 1.14 bits per heavy atom. The molecule has 1 aliphatic rings. The topological polar surface area (TPSA) is 52.2 Å². The van der Waals surface area contributed by atoms with E-state index in [0.29, 0.717) is 5.69 Å². The molecule has 1 aromatic carbocycles. The molecule has 0 spiro atoms. The van der Waals surface area contributed by atoms with Crippen molar-refractivity contribution in [2.45, 2.75) is 6.92 Å². The molecule has 1 saturated heterocycles. The molecule has 0 atom stereocenters. The van der Waals surface area contributed by atoms with E-state index in [1.807, 2.05) is 35.2 Å². The van der Waals surface area contributed by atoms with Crippen LogP contribution in [-0.2, 0) is 0 Å². The fourth-order valence-electron chi connectivity index (χ4n) is 2.48. The molecule has 0 saturated carbocycles. The predicted molar refractivity (Wildman–Crippen MR) is 82.2 cm³/mol. The molecule has 1 aliphatic heterocycles. The highest BCUT2D eigenvalue weighted by atomic mass is 16.2. The van der Waals surface area contributed by atoms with E-state index in [4.69, 9.17) is 0 Å². The monoisotopic (exact) mass is 284 g/mol. The number of hydrogen-bond acceptors (Lipinski definition) is 3. The lowest BCUT2D eigenvalue weighted by Gasteiger charge is -2.31. The Labute approximate surface area is 124 Å². The van der Waals surface area contributed by atoms with E-state index < -0.39 is 0 Å². The number of piperazine rings is 1. The van der Waals surface area contributed by atoms with E-state index >= 15 is 0 Å². The van der Waals surface area contributed by atoms with Crippen molar-refractivity contribution >= 4 is 5.91 Å². The molecule has 5 nitrogen and oxygen atoms in total. The minimum absolute atomic E-state index is 0.0361. The van der Waals surface area contributed by atoms with E-state index in [-0.39, 0.29) is 5.91 Å². The Morgan fingerprint density at radius 3 is 2.48 bits per heavy atom. The molecule has 110 valence electrons. The van der Waals surface area contributed by atoms with Crippen LogP contribution >= 0.6 is 0 Å². The second-order valence-corrected chi connectivity index (χ2v) is 5.63. The minimum atomic E-state index is 0.0361. The normalized spacial score (nSPS) is 16.2. The van der Waals surface area contributed by atoms with Gasteiger partial charge in [0.25, 0.3) is 5.91 Å². The van der Waals surface area contributed by atoms with Crippen LogP contribution in [0, 0.1) is 6.92 Å². The first kappa shape index (κ1) is 13.8. The average molecular weight is 284 g/mol. The zero-order valence-corrected chi connectivity index (χ0v) is 12.5. The summed E-state index contributed by atoms with van der Waals surface area (Å²) >= 11 is 0. The average Bonchev–Trinajstić information content (AvgIpc) is 2.98. The Bertz CT molecular complexity index is 624. The SMILES string of the molecule is Cc1ccc(-c2cc(C(=O)N3CCN(C)CC3)[nH]n2)cc1. The van der Waals surface area contributed by atoms with Gasteiger partial charge in [0, 0.05) is 31.7 Å². The maximum absolute atomic E-state index is 12.4. The number of hydrogen-bond donors (Lipinski definition) is 1. The highest BCUT2D eigenvalue weighted by Gasteiger charge is 2.22. The van der Waals surface area contributed by atoms with Crippen LogP contribution in [0.3, 0.4) is 0 Å². The van der Waals surface area contributed by atoms with Crippen LogP contribution in [0.4, 0.5) is 0 Å². The second-order valence-electron chi connectivity index (χ2n) is 5.63. The number of carbonyl (C=O) groups excluding carboxylic acids is 1. The minimum Gasteiger partial charge on any atom is -0.335 e. The van der Waals surface area contributed by atoms with Gasteiger partial charge in [-0.1, -0.05) is 29.8 Å². The Morgan fingerprint density at radius 2 is 1.81 bits per heavy atom. The van der Waals surface area contributed by atoms with Crippen LogP contribution in [0.5, 0.6) is 0 Å². The molecule has 1 fully saturated rings. The quantitative estimate of drug-likeness (QED) is 0.914. The fourth-order valence-corrected chi connectivity index (χ4v) is 2.48. The molecule has 0 aliphatic carbocycles. The highest BCUT2D eigenvalue weighted by molar-refractivity contribution is 5.93. The van der Waals surface area contributed by atoms with Gasteiger partial charge in [0.2, 0.25) is 0 Å². The third-order valence-electron chi connectivity index (χ3n) is 3.95. The molecule has 0 radical (unpaired) electrons. The molecule has 3 rings (SSSR count). The van der Waals surface area contributed by atoms with Crippen molar-refractivity contribution < 1.29 is 4.79 Å². The van der Waals surface area contributed by atoms with Crippen molar-refractivity contribution in [1.29, 1.82) is 0 Å². The summed E-state index contributed by atoms with van der Waals surface area (Å²) in [4.78, 5) is 16.6. The molecule has 21 heavy (non-hydrogen) atoms. The van der Waals surface area contributed by atoms with Crippen molar-refractivity contribution in [3.63, 3.8) is 0 Å². The van der Waals surface area contributed by atoms with Crippen LogP contribution in [0.1, 0.15) is 16.1 Å². The number of rotatable bonds is 2. The molecular weight excluding hydrogens is 264 g/mol. The largest absolute Gasteiger partial charge is 0.335 e. The summed E-state index contributed by atoms with van der Waals surface area (Å²) in [5.74, 6) is 0.0361. The molecule has 0 unspecified atom stereocenters. The van der Waals surface area contributed by atoms with Crippen molar-refractivity contribution in [3.05, 3.63) is 41.6 Å². The van der Waals surface area contributed by atoms with Gasteiger partial charge in [0.05, 0.1) is 5.69 Å². The number of carbonyl (C=O) groups is 1. The Kier molecular flexibility index (Phi) is 3.75. The summed E-state index contributed by atoms with van der Waals surface area (Å²) in [5, 5.41) is 7.14. The number of aromatic nitrogens is 2. The Balaban J connectivity index is 1.75. The zero-order valence-electron chi connectivity index (χ0n) is 12.5. The van der Waals surface area contributed by atoms with Gasteiger partial charge in [-0.25, -0.2) is 0 Å². The number of benzene rings is 1. The van der Waals surface area contributed by atoms with Gasteiger partial charge < -0.3 is 9.80 Å². The summed E-state index contributed by atoms with van der Waals surface area (Å²) in [6.07, 6.45) is 0. The van der Waals surface area contributed by atoms with Gasteiger partial charge in [0.1, 0.15) is 5.69 Å². The standard InChI is InChI=1S/C16H20N4O/c1-12-3-5-13(6-4-12)14-11-15(18-17-14)16(21)20-9-7-19(2)8-10-20/h3-6,11H,7-10H2,1-2H3,(H,17,18). The molecule has 2 aromatic rings. The van der Waals surface area contributed by atoms with Gasteiger partial charge in [-0.05, 0) is 20.0 Å². The fraction of sp³-hybridized carbons (Fsp3) is 0.375. The van der Waals surface area contributed by atoms with Gasteiger partial charge in [-0.2, -0.15) is 5.10 Å². The van der Waals surface area contributed by atoms with E-state index in [9.17, 15) is 4.79 Å². The third-order valence-corrected chi connectivity index (χ3v) is 3.95. The third kappa shape index (κ3) is 2.97. The van der Waals surface area contributed by atoms with Crippen molar-refractivity contribution in [1.82, 2.24) is 20.0 Å². The smallest absolute Gasteiger partial charge is 0.271 e. The summed E-state index contributed by atoms with van der Waals surface area (Å²) in [6, 6.07) is 9.98. The van der Waals surface area contributed by atoms with E-state index in [1.54, 1.807) is 0 Å². The number of H-pyrrole nitrogens is 1. The summed E-state index contributed by atoms with van der Waals surface area (Å²) in [5.41, 5.74) is 3.61.